The summed E-state index contributed by atoms with van der Waals surface area (Å²) < 4.78 is 5.71. The van der Waals surface area contributed by atoms with Crippen LogP contribution in [0.25, 0.3) is 0 Å². The minimum absolute atomic E-state index is 0.0477. The van der Waals surface area contributed by atoms with Crippen LogP contribution in [0.1, 0.15) is 110 Å². The first-order chi connectivity index (χ1) is 10.3. The summed E-state index contributed by atoms with van der Waals surface area (Å²) in [4.78, 5) is 11.9. The van der Waals surface area contributed by atoms with E-state index in [1.807, 2.05) is 0 Å². The summed E-state index contributed by atoms with van der Waals surface area (Å²) >= 11 is 0. The fraction of sp³-hybridized carbons (Fsp3) is 0.947. The molecule has 21 heavy (non-hydrogen) atoms. The summed E-state index contributed by atoms with van der Waals surface area (Å²) in [5.74, 6) is 0.0477. The summed E-state index contributed by atoms with van der Waals surface area (Å²) in [7, 11) is 0. The van der Waals surface area contributed by atoms with E-state index in [0.717, 1.165) is 19.3 Å². The van der Waals surface area contributed by atoms with E-state index >= 15 is 0 Å². The molecule has 1 rings (SSSR count). The van der Waals surface area contributed by atoms with E-state index in [-0.39, 0.29) is 12.1 Å². The summed E-state index contributed by atoms with van der Waals surface area (Å²) in [6.45, 7) is 2.25. The molecule has 1 saturated heterocycles. The van der Waals surface area contributed by atoms with Crippen LogP contribution in [0.3, 0.4) is 0 Å². The number of ether oxygens (including phenoxy) is 1. The Morgan fingerprint density at radius 3 is 2.24 bits per heavy atom. The Morgan fingerprint density at radius 2 is 1.48 bits per heavy atom. The molecule has 0 aromatic heterocycles. The Hall–Kier alpha value is -0.530. The molecule has 1 aliphatic heterocycles. The van der Waals surface area contributed by atoms with Gasteiger partial charge in [-0.05, 0) is 32.1 Å². The molecule has 0 N–H and O–H groups in total. The van der Waals surface area contributed by atoms with Gasteiger partial charge in [0.05, 0.1) is 0 Å². The molecule has 1 unspecified atom stereocenters. The van der Waals surface area contributed by atoms with Gasteiger partial charge in [0.1, 0.15) is 6.10 Å². The van der Waals surface area contributed by atoms with Crippen LogP contribution >= 0.6 is 0 Å². The summed E-state index contributed by atoms with van der Waals surface area (Å²) in [5, 5.41) is 0. The number of hydrogen-bond donors (Lipinski definition) is 0. The molecule has 124 valence electrons. The zero-order valence-corrected chi connectivity index (χ0v) is 14.2. The minimum atomic E-state index is 0.0477. The molecule has 1 aliphatic rings. The van der Waals surface area contributed by atoms with Gasteiger partial charge in [0.25, 0.3) is 0 Å². The third-order valence-corrected chi connectivity index (χ3v) is 4.58. The molecule has 0 spiro atoms. The Bertz CT molecular complexity index is 250. The zero-order valence-electron chi connectivity index (χ0n) is 14.2. The third kappa shape index (κ3) is 10.8. The lowest BCUT2D eigenvalue weighted by molar-refractivity contribution is -0.150. The number of hydrogen-bond acceptors (Lipinski definition) is 2. The van der Waals surface area contributed by atoms with Crippen LogP contribution in [0.5, 0.6) is 0 Å². The van der Waals surface area contributed by atoms with Gasteiger partial charge in [0.15, 0.2) is 0 Å². The highest BCUT2D eigenvalue weighted by molar-refractivity contribution is 5.69. The van der Waals surface area contributed by atoms with E-state index in [2.05, 4.69) is 6.92 Å². The van der Waals surface area contributed by atoms with Gasteiger partial charge in [-0.15, -0.1) is 0 Å². The fourth-order valence-electron chi connectivity index (χ4n) is 3.18. The van der Waals surface area contributed by atoms with Gasteiger partial charge in [-0.1, -0.05) is 71.1 Å². The first-order valence-electron chi connectivity index (χ1n) is 9.52. The van der Waals surface area contributed by atoms with Crippen molar-refractivity contribution in [2.24, 2.45) is 0 Å². The lowest BCUT2D eigenvalue weighted by Gasteiger charge is -2.19. The topological polar surface area (TPSA) is 26.3 Å². The van der Waals surface area contributed by atoms with Crippen molar-refractivity contribution in [3.8, 4) is 0 Å². The van der Waals surface area contributed by atoms with Crippen LogP contribution in [0.15, 0.2) is 0 Å². The summed E-state index contributed by atoms with van der Waals surface area (Å²) in [6, 6.07) is 0. The predicted octanol–water partition coefficient (Wildman–Crippen LogP) is 6.17. The second kappa shape index (κ2) is 13.2. The fourth-order valence-corrected chi connectivity index (χ4v) is 3.18. The van der Waals surface area contributed by atoms with Crippen molar-refractivity contribution in [2.45, 2.75) is 116 Å². The Labute approximate surface area is 132 Å². The molecular weight excluding hydrogens is 260 g/mol. The standard InChI is InChI=1S/C19H36O2/c1-2-3-4-5-9-12-15-18-16-13-10-7-6-8-11-14-17-19(20)21-18/h18H,2-17H2,1H3. The molecular formula is C19H36O2. The van der Waals surface area contributed by atoms with Gasteiger partial charge >= 0.3 is 5.97 Å². The van der Waals surface area contributed by atoms with Gasteiger partial charge in [-0.3, -0.25) is 4.79 Å². The molecule has 0 radical (unpaired) electrons. The number of esters is 1. The molecule has 1 atom stereocenters. The lowest BCUT2D eigenvalue weighted by Crippen LogP contribution is -2.18. The Kier molecular flexibility index (Phi) is 11.6. The van der Waals surface area contributed by atoms with Crippen LogP contribution in [0.2, 0.25) is 0 Å². The Balaban J connectivity index is 2.21. The molecule has 2 heteroatoms. The van der Waals surface area contributed by atoms with Crippen molar-refractivity contribution in [3.05, 3.63) is 0 Å². The SMILES string of the molecule is CCCCCCCCC1CCCCCCCCCC(=O)O1. The first-order valence-corrected chi connectivity index (χ1v) is 9.52. The van der Waals surface area contributed by atoms with Crippen LogP contribution in [-0.2, 0) is 9.53 Å². The maximum atomic E-state index is 11.9. The highest BCUT2D eigenvalue weighted by Gasteiger charge is 2.14. The monoisotopic (exact) mass is 296 g/mol. The molecule has 0 bridgehead atoms. The number of cyclic esters (lactones) is 1. The van der Waals surface area contributed by atoms with Crippen LogP contribution < -0.4 is 0 Å². The van der Waals surface area contributed by atoms with E-state index in [1.165, 1.54) is 77.0 Å². The molecule has 0 aromatic rings. The highest BCUT2D eigenvalue weighted by Crippen LogP contribution is 2.19. The number of carbonyl (C=O) groups excluding carboxylic acids is 1. The highest BCUT2D eigenvalue weighted by atomic mass is 16.5. The molecule has 0 aromatic carbocycles. The number of rotatable bonds is 7. The number of carbonyl (C=O) groups is 1. The minimum Gasteiger partial charge on any atom is -0.462 e. The van der Waals surface area contributed by atoms with Gasteiger partial charge in [0, 0.05) is 6.42 Å². The normalized spacial score (nSPS) is 22.1. The van der Waals surface area contributed by atoms with Crippen LogP contribution in [0.4, 0.5) is 0 Å². The molecule has 2 nitrogen and oxygen atoms in total. The second-order valence-electron chi connectivity index (χ2n) is 6.68. The van der Waals surface area contributed by atoms with Gasteiger partial charge in [-0.25, -0.2) is 0 Å². The largest absolute Gasteiger partial charge is 0.462 e. The first kappa shape index (κ1) is 18.5. The molecule has 1 heterocycles. The summed E-state index contributed by atoms with van der Waals surface area (Å²) in [5.41, 5.74) is 0. The van der Waals surface area contributed by atoms with Gasteiger partial charge < -0.3 is 4.74 Å². The van der Waals surface area contributed by atoms with Crippen LogP contribution in [-0.4, -0.2) is 12.1 Å². The zero-order chi connectivity index (χ0) is 15.2. The van der Waals surface area contributed by atoms with Gasteiger partial charge in [0.2, 0.25) is 0 Å². The predicted molar refractivity (Wildman–Crippen MR) is 89.4 cm³/mol. The van der Waals surface area contributed by atoms with Crippen molar-refractivity contribution in [3.63, 3.8) is 0 Å². The van der Waals surface area contributed by atoms with Gasteiger partial charge in [-0.2, -0.15) is 0 Å². The van der Waals surface area contributed by atoms with E-state index < -0.39 is 0 Å². The second-order valence-corrected chi connectivity index (χ2v) is 6.68. The quantitative estimate of drug-likeness (QED) is 0.414. The molecule has 0 amide bonds. The average molecular weight is 296 g/mol. The van der Waals surface area contributed by atoms with Crippen molar-refractivity contribution in [1.29, 1.82) is 0 Å². The van der Waals surface area contributed by atoms with Crippen LogP contribution in [0, 0.1) is 0 Å². The average Bonchev–Trinajstić information content (AvgIpc) is 2.47. The van der Waals surface area contributed by atoms with Crippen molar-refractivity contribution in [2.75, 3.05) is 0 Å². The maximum Gasteiger partial charge on any atom is 0.306 e. The van der Waals surface area contributed by atoms with E-state index in [1.54, 1.807) is 0 Å². The van der Waals surface area contributed by atoms with Crippen molar-refractivity contribution >= 4 is 5.97 Å². The van der Waals surface area contributed by atoms with E-state index in [4.69, 9.17) is 4.74 Å². The third-order valence-electron chi connectivity index (χ3n) is 4.58. The number of unbranched alkanes of at least 4 members (excludes halogenated alkanes) is 5. The summed E-state index contributed by atoms with van der Waals surface area (Å²) in [6.07, 6.45) is 19.6. The Morgan fingerprint density at radius 1 is 0.857 bits per heavy atom. The molecule has 0 saturated carbocycles. The lowest BCUT2D eigenvalue weighted by atomic mass is 10.0. The molecule has 1 fully saturated rings. The van der Waals surface area contributed by atoms with E-state index in [9.17, 15) is 4.79 Å². The van der Waals surface area contributed by atoms with Crippen molar-refractivity contribution < 1.29 is 9.53 Å². The van der Waals surface area contributed by atoms with E-state index in [0.29, 0.717) is 6.42 Å². The smallest absolute Gasteiger partial charge is 0.306 e. The van der Waals surface area contributed by atoms with Crippen molar-refractivity contribution in [1.82, 2.24) is 0 Å². The maximum absolute atomic E-state index is 11.9. The molecule has 0 aliphatic carbocycles.